The van der Waals surface area contributed by atoms with Crippen molar-refractivity contribution in [3.05, 3.63) is 54.1 Å². The van der Waals surface area contributed by atoms with E-state index in [2.05, 4.69) is 12.2 Å². The smallest absolute Gasteiger partial charge is 0.416 e. The molecule has 2 aromatic carbocycles. The van der Waals surface area contributed by atoms with Gasteiger partial charge in [0.25, 0.3) is 0 Å². The van der Waals surface area contributed by atoms with E-state index in [4.69, 9.17) is 4.74 Å². The number of benzene rings is 2. The van der Waals surface area contributed by atoms with Crippen LogP contribution in [0.3, 0.4) is 0 Å². The predicted molar refractivity (Wildman–Crippen MR) is 117 cm³/mol. The molecule has 29 heavy (non-hydrogen) atoms. The fourth-order valence-corrected chi connectivity index (χ4v) is 4.27. The molecule has 2 N–H and O–H groups in total. The lowest BCUT2D eigenvalue weighted by Gasteiger charge is -2.26. The van der Waals surface area contributed by atoms with Crippen molar-refractivity contribution in [1.82, 2.24) is 5.32 Å². The van der Waals surface area contributed by atoms with Gasteiger partial charge in [-0.25, -0.2) is 9.69 Å². The normalized spacial score (nSPS) is 15.7. The molecule has 5 heteroatoms. The van der Waals surface area contributed by atoms with Crippen LogP contribution in [-0.2, 0) is 6.54 Å². The molecule has 0 spiro atoms. The van der Waals surface area contributed by atoms with Gasteiger partial charge >= 0.3 is 6.09 Å². The predicted octanol–water partition coefficient (Wildman–Crippen LogP) is 5.96. The third-order valence-electron chi connectivity index (χ3n) is 5.79. The molecule has 156 valence electrons. The van der Waals surface area contributed by atoms with Gasteiger partial charge in [0.1, 0.15) is 5.75 Å². The molecule has 1 atom stereocenters. The van der Waals surface area contributed by atoms with E-state index in [-0.39, 0.29) is 0 Å². The number of nitrogens with zero attached hydrogens (tertiary/aromatic N) is 1. The Kier molecular flexibility index (Phi) is 7.53. The zero-order valence-corrected chi connectivity index (χ0v) is 17.4. The highest BCUT2D eigenvalue weighted by Gasteiger charge is 2.21. The molecule has 1 saturated carbocycles. The Balaban J connectivity index is 1.78. The van der Waals surface area contributed by atoms with Gasteiger partial charge in [0, 0.05) is 12.6 Å². The molecule has 1 amide bonds. The van der Waals surface area contributed by atoms with Crippen molar-refractivity contribution in [2.75, 3.05) is 12.0 Å². The molecule has 0 aromatic heterocycles. The number of hydrogen-bond acceptors (Lipinski definition) is 3. The summed E-state index contributed by atoms with van der Waals surface area (Å²) >= 11 is 0. The monoisotopic (exact) mass is 396 g/mol. The van der Waals surface area contributed by atoms with E-state index in [9.17, 15) is 9.90 Å². The number of anilines is 2. The standard InChI is InChI=1S/C24H32N2O3/c1-18(15-19-9-5-3-6-10-19)25-17-20-16-22(29-2)13-14-23(20)26(24(27)28)21-11-7-4-8-12-21/h4,7-8,11-14,16,18-19,25H,3,5-6,9-10,15,17H2,1-2H3,(H,27,28)/t18-/m0/s1. The lowest BCUT2D eigenvalue weighted by Crippen LogP contribution is -2.30. The first-order chi connectivity index (χ1) is 14.1. The van der Waals surface area contributed by atoms with Crippen molar-refractivity contribution < 1.29 is 14.6 Å². The van der Waals surface area contributed by atoms with Crippen molar-refractivity contribution >= 4 is 17.5 Å². The number of rotatable bonds is 8. The van der Waals surface area contributed by atoms with Crippen LogP contribution >= 0.6 is 0 Å². The van der Waals surface area contributed by atoms with E-state index in [1.165, 1.54) is 43.4 Å². The van der Waals surface area contributed by atoms with Gasteiger partial charge in [0.2, 0.25) is 0 Å². The highest BCUT2D eigenvalue weighted by Crippen LogP contribution is 2.32. The fraction of sp³-hybridized carbons (Fsp3) is 0.458. The number of para-hydroxylation sites is 1. The second-order valence-corrected chi connectivity index (χ2v) is 7.97. The lowest BCUT2D eigenvalue weighted by molar-refractivity contribution is 0.204. The summed E-state index contributed by atoms with van der Waals surface area (Å²) in [7, 11) is 1.63. The number of methoxy groups -OCH3 is 1. The molecule has 0 unspecified atom stereocenters. The van der Waals surface area contributed by atoms with Crippen molar-refractivity contribution in [1.29, 1.82) is 0 Å². The average molecular weight is 397 g/mol. The van der Waals surface area contributed by atoms with Crippen molar-refractivity contribution in [2.45, 2.75) is 58.0 Å². The van der Waals surface area contributed by atoms with E-state index in [0.717, 1.165) is 17.2 Å². The first-order valence-electron chi connectivity index (χ1n) is 10.6. The van der Waals surface area contributed by atoms with Gasteiger partial charge in [0.15, 0.2) is 0 Å². The van der Waals surface area contributed by atoms with E-state index in [1.54, 1.807) is 19.2 Å². The zero-order valence-electron chi connectivity index (χ0n) is 17.4. The second kappa shape index (κ2) is 10.3. The van der Waals surface area contributed by atoms with Crippen LogP contribution in [0.4, 0.5) is 16.2 Å². The summed E-state index contributed by atoms with van der Waals surface area (Å²) in [6.45, 7) is 2.82. The zero-order chi connectivity index (χ0) is 20.6. The van der Waals surface area contributed by atoms with Gasteiger partial charge in [-0.2, -0.15) is 0 Å². The van der Waals surface area contributed by atoms with Gasteiger partial charge in [-0.15, -0.1) is 0 Å². The number of hydrogen-bond donors (Lipinski definition) is 2. The third kappa shape index (κ3) is 5.73. The molecule has 1 aliphatic carbocycles. The van der Waals surface area contributed by atoms with Gasteiger partial charge in [0.05, 0.1) is 18.5 Å². The van der Waals surface area contributed by atoms with Crippen LogP contribution in [0.5, 0.6) is 5.75 Å². The molecular weight excluding hydrogens is 364 g/mol. The van der Waals surface area contributed by atoms with E-state index in [0.29, 0.717) is 24.0 Å². The highest BCUT2D eigenvalue weighted by atomic mass is 16.5. The molecule has 0 aliphatic heterocycles. The van der Waals surface area contributed by atoms with Crippen LogP contribution in [0.15, 0.2) is 48.5 Å². The molecule has 5 nitrogen and oxygen atoms in total. The maximum atomic E-state index is 12.1. The Morgan fingerprint density at radius 2 is 1.90 bits per heavy atom. The Morgan fingerprint density at radius 3 is 2.55 bits per heavy atom. The summed E-state index contributed by atoms with van der Waals surface area (Å²) < 4.78 is 5.39. The van der Waals surface area contributed by atoms with Gasteiger partial charge in [-0.05, 0) is 55.2 Å². The minimum absolute atomic E-state index is 0.382. The van der Waals surface area contributed by atoms with Crippen LogP contribution in [0.2, 0.25) is 0 Å². The average Bonchev–Trinajstić information content (AvgIpc) is 2.74. The molecule has 0 saturated heterocycles. The second-order valence-electron chi connectivity index (χ2n) is 7.97. The van der Waals surface area contributed by atoms with Crippen molar-refractivity contribution in [3.8, 4) is 5.75 Å². The minimum Gasteiger partial charge on any atom is -0.497 e. The van der Waals surface area contributed by atoms with Crippen molar-refractivity contribution in [2.24, 2.45) is 5.92 Å². The van der Waals surface area contributed by atoms with Crippen LogP contribution < -0.4 is 15.0 Å². The minimum atomic E-state index is -1.00. The topological polar surface area (TPSA) is 61.8 Å². The number of carboxylic acid groups (broad SMARTS) is 1. The molecule has 0 heterocycles. The van der Waals surface area contributed by atoms with E-state index < -0.39 is 6.09 Å². The number of carbonyl (C=O) groups is 1. The molecule has 0 bridgehead atoms. The van der Waals surface area contributed by atoms with Gasteiger partial charge < -0.3 is 15.2 Å². The molecule has 3 rings (SSSR count). The van der Waals surface area contributed by atoms with Crippen LogP contribution in [0, 0.1) is 5.92 Å². The summed E-state index contributed by atoms with van der Waals surface area (Å²) in [5, 5.41) is 13.5. The molecular formula is C24H32N2O3. The molecule has 0 radical (unpaired) electrons. The maximum absolute atomic E-state index is 12.1. The van der Waals surface area contributed by atoms with E-state index >= 15 is 0 Å². The third-order valence-corrected chi connectivity index (χ3v) is 5.79. The Hall–Kier alpha value is -2.53. The summed E-state index contributed by atoms with van der Waals surface area (Å²) in [4.78, 5) is 13.4. The molecule has 1 aliphatic rings. The summed E-state index contributed by atoms with van der Waals surface area (Å²) in [6, 6.07) is 15.1. The molecule has 1 fully saturated rings. The van der Waals surface area contributed by atoms with E-state index in [1.807, 2.05) is 36.4 Å². The van der Waals surface area contributed by atoms with Crippen molar-refractivity contribution in [3.63, 3.8) is 0 Å². The summed E-state index contributed by atoms with van der Waals surface area (Å²) in [5.74, 6) is 1.53. The number of nitrogens with one attached hydrogen (secondary N) is 1. The lowest BCUT2D eigenvalue weighted by atomic mass is 9.85. The first kappa shape index (κ1) is 21.2. The molecule has 2 aromatic rings. The Morgan fingerprint density at radius 1 is 1.17 bits per heavy atom. The Labute approximate surface area is 173 Å². The number of amides is 1. The quantitative estimate of drug-likeness (QED) is 0.578. The van der Waals surface area contributed by atoms with Crippen LogP contribution in [-0.4, -0.2) is 24.4 Å². The SMILES string of the molecule is COc1ccc(N(C(=O)O)c2ccccc2)c(CN[C@@H](C)CC2CCCCC2)c1. The van der Waals surface area contributed by atoms with Gasteiger partial charge in [-0.3, -0.25) is 0 Å². The Bertz CT molecular complexity index is 788. The summed E-state index contributed by atoms with van der Waals surface area (Å²) in [6.07, 6.45) is 6.90. The fourth-order valence-electron chi connectivity index (χ4n) is 4.27. The first-order valence-corrected chi connectivity index (χ1v) is 10.6. The largest absolute Gasteiger partial charge is 0.497 e. The van der Waals surface area contributed by atoms with Crippen LogP contribution in [0.1, 0.15) is 51.0 Å². The number of ether oxygens (including phenoxy) is 1. The van der Waals surface area contributed by atoms with Gasteiger partial charge in [-0.1, -0.05) is 50.3 Å². The van der Waals surface area contributed by atoms with Crippen LogP contribution in [0.25, 0.3) is 0 Å². The summed E-state index contributed by atoms with van der Waals surface area (Å²) in [5.41, 5.74) is 2.19. The maximum Gasteiger partial charge on any atom is 0.416 e. The highest BCUT2D eigenvalue weighted by molar-refractivity contribution is 5.95.